The van der Waals surface area contributed by atoms with Crippen LogP contribution in [0, 0.1) is 18.7 Å². The summed E-state index contributed by atoms with van der Waals surface area (Å²) in [5.41, 5.74) is 1.03. The van der Waals surface area contributed by atoms with Gasteiger partial charge in [-0.1, -0.05) is 0 Å². The van der Waals surface area contributed by atoms with Gasteiger partial charge in [0.05, 0.1) is 0 Å². The van der Waals surface area contributed by atoms with Crippen LogP contribution in [0.25, 0.3) is 0 Å². The van der Waals surface area contributed by atoms with Crippen molar-refractivity contribution < 1.29 is 19.1 Å². The second kappa shape index (κ2) is 5.38. The monoisotopic (exact) mass is 265 g/mol. The number of benzene rings is 1. The quantitative estimate of drug-likeness (QED) is 0.910. The fourth-order valence-electron chi connectivity index (χ4n) is 2.47. The molecule has 2 rings (SSSR count). The molecule has 4 nitrogen and oxygen atoms in total. The zero-order valence-electron chi connectivity index (χ0n) is 10.7. The predicted molar refractivity (Wildman–Crippen MR) is 67.4 cm³/mol. The molecule has 0 aliphatic carbocycles. The number of likely N-dealkylation sites (tertiary alicyclic amines) is 1. The van der Waals surface area contributed by atoms with Crippen molar-refractivity contribution in [1.82, 2.24) is 4.90 Å². The number of carbonyl (C=O) groups is 2. The topological polar surface area (TPSA) is 57.6 Å². The van der Waals surface area contributed by atoms with Gasteiger partial charge in [0.15, 0.2) is 0 Å². The van der Waals surface area contributed by atoms with Gasteiger partial charge in [0, 0.05) is 25.1 Å². The highest BCUT2D eigenvalue weighted by molar-refractivity contribution is 5.94. The summed E-state index contributed by atoms with van der Waals surface area (Å²) in [6, 6.07) is 4.24. The van der Waals surface area contributed by atoms with Crippen molar-refractivity contribution in [2.24, 2.45) is 5.92 Å². The van der Waals surface area contributed by atoms with Gasteiger partial charge in [-0.3, -0.25) is 9.59 Å². The van der Waals surface area contributed by atoms with E-state index in [1.54, 1.807) is 17.9 Å². The van der Waals surface area contributed by atoms with Crippen molar-refractivity contribution >= 4 is 11.9 Å². The molecule has 0 spiro atoms. The van der Waals surface area contributed by atoms with E-state index >= 15 is 0 Å². The average Bonchev–Trinajstić information content (AvgIpc) is 2.74. The molecule has 0 bridgehead atoms. The number of carboxylic acids is 1. The Balaban J connectivity index is 2.06. The highest BCUT2D eigenvalue weighted by atomic mass is 19.1. The maximum Gasteiger partial charge on any atom is 0.303 e. The third-order valence-electron chi connectivity index (χ3n) is 3.33. The van der Waals surface area contributed by atoms with Crippen molar-refractivity contribution in [1.29, 1.82) is 0 Å². The van der Waals surface area contributed by atoms with E-state index in [4.69, 9.17) is 5.11 Å². The number of aliphatic carboxylic acids is 1. The number of hydrogen-bond acceptors (Lipinski definition) is 2. The highest BCUT2D eigenvalue weighted by Gasteiger charge is 2.28. The molecule has 0 radical (unpaired) electrons. The molecule has 1 unspecified atom stereocenters. The van der Waals surface area contributed by atoms with Crippen molar-refractivity contribution in [2.75, 3.05) is 13.1 Å². The lowest BCUT2D eigenvalue weighted by atomic mass is 10.1. The molecule has 1 aliphatic heterocycles. The molecule has 1 aromatic carbocycles. The van der Waals surface area contributed by atoms with Crippen LogP contribution in [0.1, 0.15) is 28.8 Å². The summed E-state index contributed by atoms with van der Waals surface area (Å²) in [4.78, 5) is 24.4. The molecule has 1 heterocycles. The maximum atomic E-state index is 13.3. The van der Waals surface area contributed by atoms with E-state index in [0.717, 1.165) is 0 Å². The number of amides is 1. The second-order valence-corrected chi connectivity index (χ2v) is 5.02. The van der Waals surface area contributed by atoms with E-state index in [-0.39, 0.29) is 18.2 Å². The molecule has 5 heteroatoms. The number of nitrogens with zero attached hydrogens (tertiary/aromatic N) is 1. The molecule has 1 aromatic rings. The van der Waals surface area contributed by atoms with Gasteiger partial charge in [0.25, 0.3) is 5.91 Å². The third kappa shape index (κ3) is 3.30. The highest BCUT2D eigenvalue weighted by Crippen LogP contribution is 2.22. The molecule has 1 atom stereocenters. The van der Waals surface area contributed by atoms with Crippen LogP contribution >= 0.6 is 0 Å². The van der Waals surface area contributed by atoms with Gasteiger partial charge >= 0.3 is 5.97 Å². The SMILES string of the molecule is Cc1cc(F)cc(C(=O)N2CCC(CC(=O)O)C2)c1. The summed E-state index contributed by atoms with van der Waals surface area (Å²) in [7, 11) is 0. The molecular formula is C14H16FNO3. The average molecular weight is 265 g/mol. The van der Waals surface area contributed by atoms with Crippen molar-refractivity contribution in [3.05, 3.63) is 35.1 Å². The fourth-order valence-corrected chi connectivity index (χ4v) is 2.47. The third-order valence-corrected chi connectivity index (χ3v) is 3.33. The van der Waals surface area contributed by atoms with E-state index < -0.39 is 11.8 Å². The summed E-state index contributed by atoms with van der Waals surface area (Å²) < 4.78 is 13.3. The molecule has 0 aromatic heterocycles. The number of aryl methyl sites for hydroxylation is 1. The van der Waals surface area contributed by atoms with Gasteiger partial charge in [0.2, 0.25) is 0 Å². The minimum atomic E-state index is -0.846. The van der Waals surface area contributed by atoms with Crippen LogP contribution in [-0.4, -0.2) is 35.0 Å². The summed E-state index contributed by atoms with van der Waals surface area (Å²) >= 11 is 0. The zero-order valence-corrected chi connectivity index (χ0v) is 10.7. The number of hydrogen-bond donors (Lipinski definition) is 1. The van der Waals surface area contributed by atoms with E-state index in [2.05, 4.69) is 0 Å². The van der Waals surface area contributed by atoms with Crippen molar-refractivity contribution in [2.45, 2.75) is 19.8 Å². The first-order valence-corrected chi connectivity index (χ1v) is 6.24. The van der Waals surface area contributed by atoms with Crippen LogP contribution in [0.2, 0.25) is 0 Å². The van der Waals surface area contributed by atoms with Gasteiger partial charge in [-0.2, -0.15) is 0 Å². The minimum Gasteiger partial charge on any atom is -0.481 e. The molecule has 1 N–H and O–H groups in total. The Kier molecular flexibility index (Phi) is 3.83. The Morgan fingerprint density at radius 2 is 2.16 bits per heavy atom. The summed E-state index contributed by atoms with van der Waals surface area (Å²) in [6.07, 6.45) is 0.762. The van der Waals surface area contributed by atoms with Gasteiger partial charge < -0.3 is 10.0 Å². The van der Waals surface area contributed by atoms with Crippen molar-refractivity contribution in [3.8, 4) is 0 Å². The molecule has 1 saturated heterocycles. The first-order valence-electron chi connectivity index (χ1n) is 6.24. The van der Waals surface area contributed by atoms with Crippen LogP contribution in [0.15, 0.2) is 18.2 Å². The Morgan fingerprint density at radius 3 is 2.79 bits per heavy atom. The lowest BCUT2D eigenvalue weighted by Gasteiger charge is -2.16. The maximum absolute atomic E-state index is 13.3. The van der Waals surface area contributed by atoms with E-state index in [9.17, 15) is 14.0 Å². The van der Waals surface area contributed by atoms with Gasteiger partial charge in [-0.15, -0.1) is 0 Å². The zero-order chi connectivity index (χ0) is 14.0. The van der Waals surface area contributed by atoms with Gasteiger partial charge in [-0.05, 0) is 43.0 Å². The summed E-state index contributed by atoms with van der Waals surface area (Å²) in [6.45, 7) is 2.70. The predicted octanol–water partition coefficient (Wildman–Crippen LogP) is 2.07. The number of rotatable bonds is 3. The lowest BCUT2D eigenvalue weighted by molar-refractivity contribution is -0.138. The summed E-state index contributed by atoms with van der Waals surface area (Å²) in [5.74, 6) is -1.50. The number of carbonyl (C=O) groups excluding carboxylic acids is 1. The van der Waals surface area contributed by atoms with Crippen LogP contribution in [0.5, 0.6) is 0 Å². The molecule has 0 saturated carbocycles. The summed E-state index contributed by atoms with van der Waals surface area (Å²) in [5, 5.41) is 8.74. The van der Waals surface area contributed by atoms with Gasteiger partial charge in [0.1, 0.15) is 5.82 Å². The molecule has 1 fully saturated rings. The van der Waals surface area contributed by atoms with E-state index in [0.29, 0.717) is 30.6 Å². The number of carboxylic acid groups (broad SMARTS) is 1. The standard InChI is InChI=1S/C14H16FNO3/c1-9-4-11(7-12(15)5-9)14(19)16-3-2-10(8-16)6-13(17)18/h4-5,7,10H,2-3,6,8H2,1H3,(H,17,18). The Morgan fingerprint density at radius 1 is 1.42 bits per heavy atom. The normalized spacial score (nSPS) is 18.6. The number of halogens is 1. The smallest absolute Gasteiger partial charge is 0.303 e. The Bertz CT molecular complexity index is 495. The van der Waals surface area contributed by atoms with Gasteiger partial charge in [-0.25, -0.2) is 4.39 Å². The molecular weight excluding hydrogens is 249 g/mol. The molecule has 1 aliphatic rings. The molecule has 19 heavy (non-hydrogen) atoms. The largest absolute Gasteiger partial charge is 0.481 e. The second-order valence-electron chi connectivity index (χ2n) is 5.02. The van der Waals surface area contributed by atoms with Crippen molar-refractivity contribution in [3.63, 3.8) is 0 Å². The van der Waals surface area contributed by atoms with Crippen LogP contribution in [0.4, 0.5) is 4.39 Å². The first-order chi connectivity index (χ1) is 8.95. The Hall–Kier alpha value is -1.91. The first kappa shape index (κ1) is 13.5. The lowest BCUT2D eigenvalue weighted by Crippen LogP contribution is -2.29. The van der Waals surface area contributed by atoms with Crippen LogP contribution in [-0.2, 0) is 4.79 Å². The van der Waals surface area contributed by atoms with Crippen LogP contribution < -0.4 is 0 Å². The molecule has 102 valence electrons. The van der Waals surface area contributed by atoms with E-state index in [1.165, 1.54) is 12.1 Å². The Labute approximate surface area is 110 Å². The van der Waals surface area contributed by atoms with Crippen LogP contribution in [0.3, 0.4) is 0 Å². The molecule has 1 amide bonds. The minimum absolute atomic E-state index is 0.00361. The fraction of sp³-hybridized carbons (Fsp3) is 0.429. The van der Waals surface area contributed by atoms with E-state index in [1.807, 2.05) is 0 Å².